The quantitative estimate of drug-likeness (QED) is 0.407. The molecule has 8 nitrogen and oxygen atoms in total. The number of hydrogen-bond acceptors (Lipinski definition) is 7. The van der Waals surface area contributed by atoms with Gasteiger partial charge in [0.2, 0.25) is 11.8 Å². The molecule has 0 aliphatic carbocycles. The Balaban J connectivity index is 1.12. The fourth-order valence-electron chi connectivity index (χ4n) is 4.39. The van der Waals surface area contributed by atoms with Gasteiger partial charge in [-0.25, -0.2) is 14.4 Å². The van der Waals surface area contributed by atoms with Gasteiger partial charge in [0.1, 0.15) is 5.82 Å². The van der Waals surface area contributed by atoms with Crippen LogP contribution >= 0.6 is 0 Å². The first-order valence-corrected chi connectivity index (χ1v) is 11.2. The van der Waals surface area contributed by atoms with Crippen molar-refractivity contribution in [3.8, 4) is 11.4 Å². The summed E-state index contributed by atoms with van der Waals surface area (Å²) in [6.45, 7) is 3.13. The summed E-state index contributed by atoms with van der Waals surface area (Å²) in [7, 11) is 1.91. The van der Waals surface area contributed by atoms with Gasteiger partial charge >= 0.3 is 12.1 Å². The third kappa shape index (κ3) is 4.97. The maximum absolute atomic E-state index is 13.5. The lowest BCUT2D eigenvalue weighted by Gasteiger charge is -2.32. The van der Waals surface area contributed by atoms with E-state index in [2.05, 4.69) is 34.8 Å². The summed E-state index contributed by atoms with van der Waals surface area (Å²) in [5, 5.41) is 7.93. The fraction of sp³-hybridized carbons (Fsp3) is 0.391. The molecule has 0 unspecified atom stereocenters. The molecule has 0 saturated carbocycles. The maximum atomic E-state index is 13.5. The molecule has 1 N–H and O–H groups in total. The Labute approximate surface area is 198 Å². The molecule has 1 saturated heterocycles. The van der Waals surface area contributed by atoms with E-state index in [0.717, 1.165) is 48.9 Å². The summed E-state index contributed by atoms with van der Waals surface area (Å²) in [5.41, 5.74) is 2.27. The summed E-state index contributed by atoms with van der Waals surface area (Å²) in [4.78, 5) is 14.0. The van der Waals surface area contributed by atoms with Gasteiger partial charge in [-0.2, -0.15) is 18.2 Å². The number of fused-ring (bicyclic) bond motifs is 1. The third-order valence-electron chi connectivity index (χ3n) is 6.25. The lowest BCUT2D eigenvalue weighted by molar-refractivity contribution is -0.159. The van der Waals surface area contributed by atoms with Gasteiger partial charge in [0.15, 0.2) is 0 Å². The molecule has 0 amide bonds. The number of halogens is 4. The third-order valence-corrected chi connectivity index (χ3v) is 6.25. The van der Waals surface area contributed by atoms with Crippen LogP contribution in [0.3, 0.4) is 0 Å². The molecule has 3 aromatic heterocycles. The normalized spacial score (nSPS) is 15.3. The van der Waals surface area contributed by atoms with Gasteiger partial charge < -0.3 is 19.3 Å². The Morgan fingerprint density at radius 1 is 1.14 bits per heavy atom. The van der Waals surface area contributed by atoms with Gasteiger partial charge in [0.25, 0.3) is 0 Å². The molecule has 1 fully saturated rings. The predicted molar refractivity (Wildman–Crippen MR) is 120 cm³/mol. The number of nitrogens with zero attached hydrogens (tertiary/aromatic N) is 6. The first kappa shape index (κ1) is 23.2. The average molecular weight is 489 g/mol. The molecule has 12 heteroatoms. The van der Waals surface area contributed by atoms with Crippen LogP contribution in [-0.2, 0) is 19.8 Å². The van der Waals surface area contributed by atoms with E-state index >= 15 is 0 Å². The van der Waals surface area contributed by atoms with Gasteiger partial charge in [-0.1, -0.05) is 5.16 Å². The van der Waals surface area contributed by atoms with E-state index in [9.17, 15) is 17.6 Å². The molecule has 0 spiro atoms. The van der Waals surface area contributed by atoms with Gasteiger partial charge in [-0.15, -0.1) is 0 Å². The first-order valence-electron chi connectivity index (χ1n) is 11.2. The number of piperidine rings is 1. The van der Waals surface area contributed by atoms with E-state index in [-0.39, 0.29) is 17.2 Å². The monoisotopic (exact) mass is 489 g/mol. The van der Waals surface area contributed by atoms with E-state index in [4.69, 9.17) is 0 Å². The van der Waals surface area contributed by atoms with E-state index in [1.54, 1.807) is 6.07 Å². The summed E-state index contributed by atoms with van der Waals surface area (Å²) >= 11 is 0. The molecule has 4 heterocycles. The largest absolute Gasteiger partial charge is 0.471 e. The minimum absolute atomic E-state index is 0.204. The van der Waals surface area contributed by atoms with Crippen LogP contribution in [0.1, 0.15) is 24.3 Å². The van der Waals surface area contributed by atoms with Crippen LogP contribution in [0.4, 0.5) is 23.5 Å². The van der Waals surface area contributed by atoms with Crippen molar-refractivity contribution in [2.45, 2.75) is 25.6 Å². The van der Waals surface area contributed by atoms with Crippen molar-refractivity contribution in [2.24, 2.45) is 13.0 Å². The zero-order chi connectivity index (χ0) is 24.6. The second-order valence-corrected chi connectivity index (χ2v) is 8.68. The molecule has 0 radical (unpaired) electrons. The highest BCUT2D eigenvalue weighted by molar-refractivity contribution is 5.84. The second-order valence-electron chi connectivity index (χ2n) is 8.68. The van der Waals surface area contributed by atoms with Crippen LogP contribution in [0, 0.1) is 11.7 Å². The van der Waals surface area contributed by atoms with Gasteiger partial charge in [0.05, 0.1) is 11.1 Å². The van der Waals surface area contributed by atoms with E-state index < -0.39 is 12.1 Å². The molecular weight excluding hydrogens is 466 g/mol. The standard InChI is InChI=1S/C23H23F4N7O/c1-33-13-16(18-3-2-17(24)8-19(18)33)10-28-9-14-4-6-34(7-5-14)22-29-11-15(12-30-22)20-31-21(35-32-20)23(25,26)27/h2-3,8,11-14,28H,4-7,9-10H2,1H3. The first-order chi connectivity index (χ1) is 16.8. The lowest BCUT2D eigenvalue weighted by atomic mass is 9.97. The second kappa shape index (κ2) is 9.25. The minimum Gasteiger partial charge on any atom is -0.350 e. The molecule has 1 aliphatic rings. The number of anilines is 1. The molecule has 35 heavy (non-hydrogen) atoms. The highest BCUT2D eigenvalue weighted by Gasteiger charge is 2.38. The topological polar surface area (TPSA) is 84.9 Å². The van der Waals surface area contributed by atoms with Crippen molar-refractivity contribution in [1.82, 2.24) is 30.0 Å². The average Bonchev–Trinajstić information content (AvgIpc) is 3.45. The molecule has 5 rings (SSSR count). The number of nitrogens with one attached hydrogen (secondary N) is 1. The Kier molecular flexibility index (Phi) is 6.13. The fourth-order valence-corrected chi connectivity index (χ4v) is 4.39. The number of aromatic nitrogens is 5. The smallest absolute Gasteiger partial charge is 0.350 e. The number of aryl methyl sites for hydroxylation is 1. The van der Waals surface area contributed by atoms with Crippen molar-refractivity contribution in [2.75, 3.05) is 24.5 Å². The maximum Gasteiger partial charge on any atom is 0.471 e. The number of alkyl halides is 3. The SMILES string of the molecule is Cn1cc(CNCC2CCN(c3ncc(-c4noc(C(F)(F)F)n4)cn3)CC2)c2ccc(F)cc21. The summed E-state index contributed by atoms with van der Waals surface area (Å²) in [5.74, 6) is -0.832. The minimum atomic E-state index is -4.69. The summed E-state index contributed by atoms with van der Waals surface area (Å²) in [6, 6.07) is 4.85. The molecule has 4 aromatic rings. The van der Waals surface area contributed by atoms with Crippen molar-refractivity contribution >= 4 is 16.9 Å². The van der Waals surface area contributed by atoms with Crippen LogP contribution in [0.25, 0.3) is 22.3 Å². The molecule has 184 valence electrons. The van der Waals surface area contributed by atoms with Gasteiger partial charge in [0, 0.05) is 50.7 Å². The number of rotatable bonds is 6. The van der Waals surface area contributed by atoms with E-state index in [0.29, 0.717) is 18.4 Å². The molecule has 0 atom stereocenters. The Morgan fingerprint density at radius 2 is 1.89 bits per heavy atom. The van der Waals surface area contributed by atoms with Crippen LogP contribution in [0.2, 0.25) is 0 Å². The Hall–Kier alpha value is -3.54. The van der Waals surface area contributed by atoms with E-state index in [1.165, 1.54) is 18.5 Å². The highest BCUT2D eigenvalue weighted by atomic mass is 19.4. The predicted octanol–water partition coefficient (Wildman–Crippen LogP) is 4.18. The number of benzene rings is 1. The van der Waals surface area contributed by atoms with Gasteiger partial charge in [-0.3, -0.25) is 0 Å². The summed E-state index contributed by atoms with van der Waals surface area (Å²) < 4.78 is 57.6. The summed E-state index contributed by atoms with van der Waals surface area (Å²) in [6.07, 6.45) is 2.05. The Morgan fingerprint density at radius 3 is 2.57 bits per heavy atom. The Bertz CT molecular complexity index is 1310. The number of hydrogen-bond donors (Lipinski definition) is 1. The zero-order valence-electron chi connectivity index (χ0n) is 18.9. The van der Waals surface area contributed by atoms with Crippen molar-refractivity contribution in [1.29, 1.82) is 0 Å². The highest BCUT2D eigenvalue weighted by Crippen LogP contribution is 2.29. The van der Waals surface area contributed by atoms with Crippen molar-refractivity contribution in [3.05, 3.63) is 54.1 Å². The lowest BCUT2D eigenvalue weighted by Crippen LogP contribution is -2.38. The molecule has 0 bridgehead atoms. The van der Waals surface area contributed by atoms with Crippen molar-refractivity contribution < 1.29 is 22.1 Å². The molecule has 1 aromatic carbocycles. The van der Waals surface area contributed by atoms with Crippen LogP contribution < -0.4 is 10.2 Å². The van der Waals surface area contributed by atoms with Gasteiger partial charge in [-0.05, 0) is 49.1 Å². The van der Waals surface area contributed by atoms with Crippen LogP contribution in [0.5, 0.6) is 0 Å². The van der Waals surface area contributed by atoms with Crippen molar-refractivity contribution in [3.63, 3.8) is 0 Å². The molecule has 1 aliphatic heterocycles. The van der Waals surface area contributed by atoms with Crippen LogP contribution in [-0.4, -0.2) is 44.3 Å². The van der Waals surface area contributed by atoms with E-state index in [1.807, 2.05) is 23.9 Å². The zero-order valence-corrected chi connectivity index (χ0v) is 18.9. The van der Waals surface area contributed by atoms with Crippen LogP contribution in [0.15, 0.2) is 41.3 Å². The molecular formula is C23H23F4N7O.